The van der Waals surface area contributed by atoms with Crippen LogP contribution in [0.1, 0.15) is 0 Å². The summed E-state index contributed by atoms with van der Waals surface area (Å²) in [6.07, 6.45) is 0. The van der Waals surface area contributed by atoms with E-state index in [9.17, 15) is 0 Å². The van der Waals surface area contributed by atoms with Crippen molar-refractivity contribution in [2.45, 2.75) is 0 Å². The van der Waals surface area contributed by atoms with Crippen LogP contribution < -0.4 is 4.90 Å². The van der Waals surface area contributed by atoms with Crippen LogP contribution in [-0.2, 0) is 0 Å². The number of furan rings is 2. The smallest absolute Gasteiger partial charge is 0.159 e. The molecule has 0 amide bonds. The van der Waals surface area contributed by atoms with Gasteiger partial charge in [-0.2, -0.15) is 0 Å². The van der Waals surface area contributed by atoms with Crippen LogP contribution in [0.5, 0.6) is 0 Å². The van der Waals surface area contributed by atoms with Gasteiger partial charge in [-0.1, -0.05) is 176 Å². The Morgan fingerprint density at radius 2 is 0.829 bits per heavy atom. The molecule has 14 aromatic rings. The van der Waals surface area contributed by atoms with Crippen LogP contribution in [0.25, 0.3) is 127 Å². The van der Waals surface area contributed by atoms with Gasteiger partial charge in [0.05, 0.1) is 22.4 Å². The average Bonchev–Trinajstić information content (AvgIpc) is 4.09. The largest absolute Gasteiger partial charge is 0.455 e. The molecule has 0 atom stereocenters. The van der Waals surface area contributed by atoms with E-state index in [0.717, 1.165) is 100 Å². The monoisotopic (exact) mass is 892 g/mol. The first-order chi connectivity index (χ1) is 34.7. The first-order valence-corrected chi connectivity index (χ1v) is 23.9. The van der Waals surface area contributed by atoms with Crippen molar-refractivity contribution in [3.8, 4) is 61.3 Å². The van der Waals surface area contributed by atoms with E-state index in [1.165, 1.54) is 44.1 Å². The van der Waals surface area contributed by atoms with Crippen LogP contribution in [0.3, 0.4) is 0 Å². The highest BCUT2D eigenvalue weighted by atomic mass is 16.3. The van der Waals surface area contributed by atoms with E-state index in [1.54, 1.807) is 0 Å². The maximum Gasteiger partial charge on any atom is 0.159 e. The van der Waals surface area contributed by atoms with Gasteiger partial charge in [-0.25, -0.2) is 0 Å². The molecular weight excluding hydrogens is 853 g/mol. The number of benzene rings is 11. The predicted octanol–water partition coefficient (Wildman–Crippen LogP) is 18.7. The Morgan fingerprint density at radius 1 is 0.314 bits per heavy atom. The lowest BCUT2D eigenvalue weighted by atomic mass is 9.90. The topological polar surface area (TPSA) is 34.5 Å². The summed E-state index contributed by atoms with van der Waals surface area (Å²) in [5.41, 5.74) is 21.7. The number of rotatable bonds is 6. The van der Waals surface area contributed by atoms with E-state index in [0.29, 0.717) is 0 Å². The Hall–Kier alpha value is -9.38. The van der Waals surface area contributed by atoms with Crippen LogP contribution in [0.4, 0.5) is 17.1 Å². The van der Waals surface area contributed by atoms with Gasteiger partial charge in [0, 0.05) is 60.4 Å². The van der Waals surface area contributed by atoms with Crippen molar-refractivity contribution in [2.24, 2.45) is 0 Å². The molecule has 326 valence electrons. The number of hydrogen-bond donors (Lipinski definition) is 0. The summed E-state index contributed by atoms with van der Waals surface area (Å²) in [6.45, 7) is 0. The summed E-state index contributed by atoms with van der Waals surface area (Å²) < 4.78 is 16.0. The molecule has 0 saturated heterocycles. The molecule has 15 rings (SSSR count). The first-order valence-electron chi connectivity index (χ1n) is 23.9. The summed E-state index contributed by atoms with van der Waals surface area (Å²) in [5.74, 6) is 0. The van der Waals surface area contributed by atoms with Crippen LogP contribution in [0, 0.1) is 0 Å². The molecule has 4 nitrogen and oxygen atoms in total. The van der Waals surface area contributed by atoms with E-state index < -0.39 is 0 Å². The van der Waals surface area contributed by atoms with Crippen LogP contribution in [0.15, 0.2) is 251 Å². The highest BCUT2D eigenvalue weighted by molar-refractivity contribution is 6.21. The number of nitrogens with zero attached hydrogens (tertiary/aromatic N) is 2. The van der Waals surface area contributed by atoms with Gasteiger partial charge in [-0.05, 0) is 106 Å². The van der Waals surface area contributed by atoms with Crippen molar-refractivity contribution in [2.75, 3.05) is 4.90 Å². The molecular formula is C66H40N2O2. The molecule has 0 radical (unpaired) electrons. The number of para-hydroxylation sites is 5. The number of hydrogen-bond acceptors (Lipinski definition) is 3. The fourth-order valence-electron chi connectivity index (χ4n) is 11.3. The third-order valence-corrected chi connectivity index (χ3v) is 14.6. The Labute approximate surface area is 403 Å². The number of fused-ring (bicyclic) bond motifs is 15. The SMILES string of the molecule is c1ccc(-c2ccc(-c3ccc(N(c4ccc(-c5ccc6c(c5)-c5ccc7c(oc8ccccc87)c5-c5cccc7c8ccccc8n-6c57)cc4)c4cccc5c4oc4ccccc45)cc3)cc2)cc1. The Bertz CT molecular complexity index is 4380. The third kappa shape index (κ3) is 5.77. The molecule has 0 fully saturated rings. The van der Waals surface area contributed by atoms with Gasteiger partial charge in [0.2, 0.25) is 0 Å². The van der Waals surface area contributed by atoms with E-state index in [1.807, 2.05) is 6.07 Å². The van der Waals surface area contributed by atoms with Crippen molar-refractivity contribution in [1.29, 1.82) is 0 Å². The quantitative estimate of drug-likeness (QED) is 0.167. The van der Waals surface area contributed by atoms with Crippen LogP contribution in [0.2, 0.25) is 0 Å². The molecule has 4 heteroatoms. The van der Waals surface area contributed by atoms with E-state index in [2.05, 4.69) is 246 Å². The first kappa shape index (κ1) is 38.7. The van der Waals surface area contributed by atoms with Crippen molar-refractivity contribution < 1.29 is 8.83 Å². The van der Waals surface area contributed by atoms with E-state index in [4.69, 9.17) is 8.83 Å². The zero-order chi connectivity index (χ0) is 45.9. The summed E-state index contributed by atoms with van der Waals surface area (Å²) in [5, 5.41) is 6.91. The van der Waals surface area contributed by atoms with Gasteiger partial charge in [0.1, 0.15) is 16.7 Å². The highest BCUT2D eigenvalue weighted by Gasteiger charge is 2.28. The molecule has 0 unspecified atom stereocenters. The lowest BCUT2D eigenvalue weighted by molar-refractivity contribution is 0.669. The van der Waals surface area contributed by atoms with Gasteiger partial charge >= 0.3 is 0 Å². The predicted molar refractivity (Wildman–Crippen MR) is 291 cm³/mol. The van der Waals surface area contributed by atoms with Gasteiger partial charge in [0.25, 0.3) is 0 Å². The average molecular weight is 893 g/mol. The maximum absolute atomic E-state index is 6.84. The summed E-state index contributed by atoms with van der Waals surface area (Å²) in [4.78, 5) is 2.32. The zero-order valence-electron chi connectivity index (χ0n) is 37.8. The molecule has 0 saturated carbocycles. The maximum atomic E-state index is 6.84. The summed E-state index contributed by atoms with van der Waals surface area (Å²) >= 11 is 0. The standard InChI is InChI=1S/C66H40N2O2/c1-2-12-41(13-3-1)42-24-26-43(27-25-42)44-28-33-47(34-29-44)67(60-21-11-18-54-50-15-5-8-22-61(50)69-65(54)60)48-35-30-45(31-36-48)46-32-39-59-57(40-46)52-37-38-55-51-16-6-9-23-62(51)70-66(55)63(52)56-19-10-17-53-49-14-4-7-20-58(49)68(59)64(53)56/h1-40H. The molecule has 70 heavy (non-hydrogen) atoms. The Balaban J connectivity index is 0.872. The van der Waals surface area contributed by atoms with Gasteiger partial charge in [0.15, 0.2) is 5.58 Å². The number of anilines is 3. The minimum absolute atomic E-state index is 0.851. The normalized spacial score (nSPS) is 12.0. The Kier molecular flexibility index (Phi) is 8.33. The highest BCUT2D eigenvalue weighted by Crippen LogP contribution is 2.51. The summed E-state index contributed by atoms with van der Waals surface area (Å²) in [7, 11) is 0. The fraction of sp³-hybridized carbons (Fsp3) is 0. The molecule has 4 heterocycles. The van der Waals surface area contributed by atoms with Crippen molar-refractivity contribution in [3.05, 3.63) is 243 Å². The molecule has 3 aromatic heterocycles. The Morgan fingerprint density at radius 3 is 1.53 bits per heavy atom. The van der Waals surface area contributed by atoms with Crippen molar-refractivity contribution in [1.82, 2.24) is 4.57 Å². The number of aromatic nitrogens is 1. The second kappa shape index (κ2) is 15.1. The lowest BCUT2D eigenvalue weighted by Crippen LogP contribution is -2.10. The summed E-state index contributed by atoms with van der Waals surface area (Å²) in [6, 6.07) is 87.4. The van der Waals surface area contributed by atoms with Crippen molar-refractivity contribution >= 4 is 82.7 Å². The fourth-order valence-corrected chi connectivity index (χ4v) is 11.3. The zero-order valence-corrected chi connectivity index (χ0v) is 37.8. The minimum atomic E-state index is 0.851. The van der Waals surface area contributed by atoms with Crippen LogP contribution in [-0.4, -0.2) is 4.57 Å². The van der Waals surface area contributed by atoms with E-state index >= 15 is 0 Å². The van der Waals surface area contributed by atoms with Gasteiger partial charge in [-0.15, -0.1) is 0 Å². The molecule has 1 aliphatic rings. The minimum Gasteiger partial charge on any atom is -0.455 e. The van der Waals surface area contributed by atoms with Gasteiger partial charge < -0.3 is 18.3 Å². The van der Waals surface area contributed by atoms with E-state index in [-0.39, 0.29) is 0 Å². The molecule has 0 bridgehead atoms. The second-order valence-corrected chi connectivity index (χ2v) is 18.4. The van der Waals surface area contributed by atoms with Crippen LogP contribution >= 0.6 is 0 Å². The molecule has 11 aromatic carbocycles. The molecule has 0 aliphatic carbocycles. The molecule has 0 N–H and O–H groups in total. The molecule has 0 spiro atoms. The molecule has 1 aliphatic heterocycles. The van der Waals surface area contributed by atoms with Gasteiger partial charge in [-0.3, -0.25) is 0 Å². The van der Waals surface area contributed by atoms with Crippen molar-refractivity contribution in [3.63, 3.8) is 0 Å². The second-order valence-electron chi connectivity index (χ2n) is 18.4. The lowest BCUT2D eigenvalue weighted by Gasteiger charge is -2.26. The third-order valence-electron chi connectivity index (χ3n) is 14.6.